The van der Waals surface area contributed by atoms with Crippen LogP contribution in [0, 0.1) is 5.92 Å². The van der Waals surface area contributed by atoms with Crippen LogP contribution in [0.15, 0.2) is 0 Å². The van der Waals surface area contributed by atoms with Crippen LogP contribution in [0.25, 0.3) is 0 Å². The second-order valence-corrected chi connectivity index (χ2v) is 6.75. The van der Waals surface area contributed by atoms with Gasteiger partial charge >= 0.3 is 0 Å². The molecule has 0 saturated carbocycles. The predicted molar refractivity (Wildman–Crippen MR) is 72.5 cm³/mol. The fourth-order valence-corrected chi connectivity index (χ4v) is 2.25. The molecular formula is C10H20N2O3S2. The second kappa shape index (κ2) is 7.60. The molecule has 0 aliphatic heterocycles. The van der Waals surface area contributed by atoms with E-state index in [2.05, 4.69) is 5.32 Å². The van der Waals surface area contributed by atoms with Gasteiger partial charge in [0.25, 0.3) is 0 Å². The Morgan fingerprint density at radius 2 is 2.06 bits per heavy atom. The molecule has 0 spiro atoms. The Labute approximate surface area is 108 Å². The van der Waals surface area contributed by atoms with E-state index in [1.807, 2.05) is 6.92 Å². The number of hydrogen-bond acceptors (Lipinski definition) is 4. The Hall–Kier alpha value is -0.690. The van der Waals surface area contributed by atoms with Crippen LogP contribution in [0.1, 0.15) is 26.2 Å². The molecule has 1 atom stereocenters. The lowest BCUT2D eigenvalue weighted by Gasteiger charge is -2.14. The van der Waals surface area contributed by atoms with Crippen LogP contribution in [-0.2, 0) is 14.6 Å². The first-order chi connectivity index (χ1) is 7.78. The summed E-state index contributed by atoms with van der Waals surface area (Å²) in [5, 5.41) is 2.65. The van der Waals surface area contributed by atoms with Gasteiger partial charge in [0.2, 0.25) is 5.91 Å². The Morgan fingerprint density at radius 1 is 1.47 bits per heavy atom. The van der Waals surface area contributed by atoms with Crippen molar-refractivity contribution in [2.75, 3.05) is 18.6 Å². The van der Waals surface area contributed by atoms with Gasteiger partial charge in [-0.2, -0.15) is 0 Å². The molecule has 0 aliphatic rings. The van der Waals surface area contributed by atoms with Crippen molar-refractivity contribution >= 4 is 33.0 Å². The number of carbonyl (C=O) groups excluding carboxylic acids is 1. The molecule has 17 heavy (non-hydrogen) atoms. The summed E-state index contributed by atoms with van der Waals surface area (Å²) < 4.78 is 21.7. The molecule has 0 fully saturated rings. The molecule has 0 bridgehead atoms. The lowest BCUT2D eigenvalue weighted by atomic mass is 10.0. The number of nitrogens with two attached hydrogens (primary N) is 1. The fourth-order valence-electron chi connectivity index (χ4n) is 1.36. The molecule has 0 radical (unpaired) electrons. The summed E-state index contributed by atoms with van der Waals surface area (Å²) >= 11 is 4.82. The maximum absolute atomic E-state index is 11.7. The maximum atomic E-state index is 11.7. The van der Waals surface area contributed by atoms with Crippen LogP contribution in [0.4, 0.5) is 0 Å². The maximum Gasteiger partial charge on any atom is 0.229 e. The number of rotatable bonds is 8. The van der Waals surface area contributed by atoms with Gasteiger partial charge in [-0.3, -0.25) is 4.79 Å². The lowest BCUT2D eigenvalue weighted by molar-refractivity contribution is -0.123. The summed E-state index contributed by atoms with van der Waals surface area (Å²) in [6.45, 7) is 2.27. The van der Waals surface area contributed by atoms with Gasteiger partial charge in [-0.15, -0.1) is 0 Å². The van der Waals surface area contributed by atoms with Crippen molar-refractivity contribution in [3.63, 3.8) is 0 Å². The standard InChI is InChI=1S/C10H20N2O3S2/c1-3-5-8(9(11)16)10(13)12-6-4-7-17(2,14)15/h8H,3-7H2,1-2H3,(H2,11,16)(H,12,13). The van der Waals surface area contributed by atoms with E-state index in [4.69, 9.17) is 18.0 Å². The summed E-state index contributed by atoms with van der Waals surface area (Å²) in [6, 6.07) is 0. The highest BCUT2D eigenvalue weighted by Crippen LogP contribution is 2.06. The highest BCUT2D eigenvalue weighted by molar-refractivity contribution is 7.90. The summed E-state index contributed by atoms with van der Waals surface area (Å²) in [5.41, 5.74) is 5.47. The molecule has 100 valence electrons. The summed E-state index contributed by atoms with van der Waals surface area (Å²) in [7, 11) is -2.97. The Kier molecular flexibility index (Phi) is 7.29. The van der Waals surface area contributed by atoms with Gasteiger partial charge in [-0.25, -0.2) is 8.42 Å². The van der Waals surface area contributed by atoms with Gasteiger partial charge in [-0.05, 0) is 12.8 Å². The van der Waals surface area contributed by atoms with E-state index in [0.29, 0.717) is 19.4 Å². The Balaban J connectivity index is 4.03. The second-order valence-electron chi connectivity index (χ2n) is 4.02. The number of nitrogens with one attached hydrogen (secondary N) is 1. The molecule has 0 aromatic heterocycles. The number of sulfone groups is 1. The largest absolute Gasteiger partial charge is 0.393 e. The summed E-state index contributed by atoms with van der Waals surface area (Å²) in [4.78, 5) is 11.9. The van der Waals surface area contributed by atoms with Gasteiger partial charge < -0.3 is 11.1 Å². The molecule has 1 unspecified atom stereocenters. The number of hydrogen-bond donors (Lipinski definition) is 2. The average molecular weight is 280 g/mol. The Morgan fingerprint density at radius 3 is 2.47 bits per heavy atom. The van der Waals surface area contributed by atoms with Gasteiger partial charge in [-0.1, -0.05) is 25.6 Å². The van der Waals surface area contributed by atoms with Crippen molar-refractivity contribution in [1.29, 1.82) is 0 Å². The summed E-state index contributed by atoms with van der Waals surface area (Å²) in [6.07, 6.45) is 3.01. The summed E-state index contributed by atoms with van der Waals surface area (Å²) in [5.74, 6) is -0.597. The van der Waals surface area contributed by atoms with Crippen LogP contribution in [0.3, 0.4) is 0 Å². The van der Waals surface area contributed by atoms with Crippen LogP contribution < -0.4 is 11.1 Å². The van der Waals surface area contributed by atoms with Gasteiger partial charge in [0.05, 0.1) is 16.7 Å². The highest BCUT2D eigenvalue weighted by Gasteiger charge is 2.19. The van der Waals surface area contributed by atoms with Crippen LogP contribution in [0.5, 0.6) is 0 Å². The molecule has 3 N–H and O–H groups in total. The SMILES string of the molecule is CCCC(C(=O)NCCCS(C)(=O)=O)C(N)=S. The third-order valence-electron chi connectivity index (χ3n) is 2.23. The van der Waals surface area contributed by atoms with Crippen molar-refractivity contribution in [1.82, 2.24) is 5.32 Å². The molecule has 0 saturated heterocycles. The molecule has 0 aromatic rings. The molecule has 0 aromatic carbocycles. The topological polar surface area (TPSA) is 89.3 Å². The minimum atomic E-state index is -2.97. The van der Waals surface area contributed by atoms with Crippen molar-refractivity contribution in [3.05, 3.63) is 0 Å². The van der Waals surface area contributed by atoms with Crippen molar-refractivity contribution < 1.29 is 13.2 Å². The molecule has 1 amide bonds. The third kappa shape index (κ3) is 8.09. The third-order valence-corrected chi connectivity index (χ3v) is 3.54. The average Bonchev–Trinajstić information content (AvgIpc) is 2.18. The minimum absolute atomic E-state index is 0.0682. The monoisotopic (exact) mass is 280 g/mol. The van der Waals surface area contributed by atoms with E-state index in [1.165, 1.54) is 6.26 Å². The van der Waals surface area contributed by atoms with E-state index < -0.39 is 15.8 Å². The zero-order valence-electron chi connectivity index (χ0n) is 10.2. The van der Waals surface area contributed by atoms with Crippen molar-refractivity contribution in [2.45, 2.75) is 26.2 Å². The van der Waals surface area contributed by atoms with Gasteiger partial charge in [0, 0.05) is 12.8 Å². The van der Waals surface area contributed by atoms with E-state index in [9.17, 15) is 13.2 Å². The first kappa shape index (κ1) is 16.3. The zero-order valence-corrected chi connectivity index (χ0v) is 11.9. The molecule has 0 heterocycles. The molecule has 7 heteroatoms. The molecule has 5 nitrogen and oxygen atoms in total. The quantitative estimate of drug-likeness (QED) is 0.491. The minimum Gasteiger partial charge on any atom is -0.393 e. The fraction of sp³-hybridized carbons (Fsp3) is 0.800. The van der Waals surface area contributed by atoms with E-state index in [1.54, 1.807) is 0 Å². The van der Waals surface area contributed by atoms with Crippen LogP contribution >= 0.6 is 12.2 Å². The zero-order chi connectivity index (χ0) is 13.5. The number of thiocarbonyl (C=S) groups is 1. The molecule has 0 rings (SSSR count). The van der Waals surface area contributed by atoms with Crippen molar-refractivity contribution in [2.24, 2.45) is 11.7 Å². The first-order valence-corrected chi connectivity index (χ1v) is 7.99. The van der Waals surface area contributed by atoms with E-state index in [-0.39, 0.29) is 16.6 Å². The highest BCUT2D eigenvalue weighted by atomic mass is 32.2. The predicted octanol–water partition coefficient (Wildman–Crippen LogP) is 0.240. The molecule has 0 aliphatic carbocycles. The normalized spacial score (nSPS) is 13.1. The van der Waals surface area contributed by atoms with Crippen molar-refractivity contribution in [3.8, 4) is 0 Å². The number of carbonyl (C=O) groups is 1. The van der Waals surface area contributed by atoms with Gasteiger partial charge in [0.1, 0.15) is 9.84 Å². The van der Waals surface area contributed by atoms with E-state index >= 15 is 0 Å². The Bertz CT molecular complexity index is 366. The van der Waals surface area contributed by atoms with Crippen LogP contribution in [0.2, 0.25) is 0 Å². The molecular weight excluding hydrogens is 260 g/mol. The number of amides is 1. The smallest absolute Gasteiger partial charge is 0.229 e. The van der Waals surface area contributed by atoms with Gasteiger partial charge in [0.15, 0.2) is 0 Å². The van der Waals surface area contributed by atoms with E-state index in [0.717, 1.165) is 6.42 Å². The van der Waals surface area contributed by atoms with Crippen LogP contribution in [-0.4, -0.2) is 37.9 Å². The first-order valence-electron chi connectivity index (χ1n) is 5.52. The lowest BCUT2D eigenvalue weighted by Crippen LogP contribution is -2.38.